The Balaban J connectivity index is 0.982. The fraction of sp³-hybridized carbons (Fsp3) is 0. The van der Waals surface area contributed by atoms with Crippen molar-refractivity contribution in [2.75, 3.05) is 0 Å². The van der Waals surface area contributed by atoms with Gasteiger partial charge in [0, 0.05) is 27.2 Å². The standard InChI is InChI=1S/C56H35NOSi/c1-3-13-42(14-4-1)59(43-15-5-2-6-16-43)54-22-12-9-18-45(54)46-28-24-38(35-55(46)59)36-25-29-51-49(34-36)44-17-7-10-20-50(44)57(51)41-27-23-37-33-48-39(31-40(37)32-41)26-30-53-56(48)47-19-8-11-21-52(47)58-53/h1-35H. The summed E-state index contributed by atoms with van der Waals surface area (Å²) in [7, 11) is -2.60. The van der Waals surface area contributed by atoms with Crippen molar-refractivity contribution in [3.8, 4) is 27.9 Å². The second-order valence-electron chi connectivity index (χ2n) is 16.0. The lowest BCUT2D eigenvalue weighted by Gasteiger charge is -2.31. The number of para-hydroxylation sites is 2. The molecule has 2 nitrogen and oxygen atoms in total. The predicted molar refractivity (Wildman–Crippen MR) is 251 cm³/mol. The number of fused-ring (bicyclic) bond motifs is 12. The second kappa shape index (κ2) is 12.3. The molecule has 274 valence electrons. The van der Waals surface area contributed by atoms with Crippen LogP contribution in [0.5, 0.6) is 0 Å². The lowest BCUT2D eigenvalue weighted by Crippen LogP contribution is -2.72. The number of hydrogen-bond acceptors (Lipinski definition) is 1. The quantitative estimate of drug-likeness (QED) is 0.129. The second-order valence-corrected chi connectivity index (χ2v) is 19.7. The average Bonchev–Trinajstić information content (AvgIpc) is 3.95. The third kappa shape index (κ3) is 4.56. The van der Waals surface area contributed by atoms with Gasteiger partial charge in [-0.25, -0.2) is 0 Å². The van der Waals surface area contributed by atoms with Gasteiger partial charge in [0.2, 0.25) is 0 Å². The number of furan rings is 1. The van der Waals surface area contributed by atoms with E-state index in [9.17, 15) is 0 Å². The highest BCUT2D eigenvalue weighted by atomic mass is 28.3. The van der Waals surface area contributed by atoms with Gasteiger partial charge in [-0.1, -0.05) is 158 Å². The summed E-state index contributed by atoms with van der Waals surface area (Å²) in [4.78, 5) is 0. The molecule has 3 heterocycles. The fourth-order valence-electron chi connectivity index (χ4n) is 10.5. The molecule has 0 spiro atoms. The number of hydrogen-bond donors (Lipinski definition) is 0. The van der Waals surface area contributed by atoms with Crippen LogP contribution in [-0.2, 0) is 0 Å². The van der Waals surface area contributed by atoms with Gasteiger partial charge in [0.15, 0.2) is 8.07 Å². The summed E-state index contributed by atoms with van der Waals surface area (Å²) >= 11 is 0. The molecule has 2 aromatic heterocycles. The maximum Gasteiger partial charge on any atom is 0.180 e. The smallest absolute Gasteiger partial charge is 0.180 e. The Morgan fingerprint density at radius 2 is 1.02 bits per heavy atom. The van der Waals surface area contributed by atoms with Gasteiger partial charge in [0.05, 0.1) is 11.0 Å². The van der Waals surface area contributed by atoms with E-state index in [0.717, 1.165) is 22.2 Å². The largest absolute Gasteiger partial charge is 0.456 e. The first-order chi connectivity index (χ1) is 29.2. The summed E-state index contributed by atoms with van der Waals surface area (Å²) in [6.07, 6.45) is 0. The van der Waals surface area contributed by atoms with Gasteiger partial charge in [-0.05, 0) is 119 Å². The van der Waals surface area contributed by atoms with Gasteiger partial charge < -0.3 is 8.98 Å². The third-order valence-corrected chi connectivity index (χ3v) is 17.9. The zero-order valence-corrected chi connectivity index (χ0v) is 33.1. The number of rotatable bonds is 4. The van der Waals surface area contributed by atoms with Crippen LogP contribution in [0.2, 0.25) is 0 Å². The van der Waals surface area contributed by atoms with E-state index in [1.54, 1.807) is 0 Å². The highest BCUT2D eigenvalue weighted by Crippen LogP contribution is 2.39. The summed E-state index contributed by atoms with van der Waals surface area (Å²) in [5.74, 6) is 0. The maximum atomic E-state index is 6.24. The molecule has 10 aromatic carbocycles. The molecule has 12 aromatic rings. The highest BCUT2D eigenvalue weighted by Gasteiger charge is 2.48. The third-order valence-electron chi connectivity index (χ3n) is 13.0. The fourth-order valence-corrected chi connectivity index (χ4v) is 15.7. The van der Waals surface area contributed by atoms with Crippen LogP contribution >= 0.6 is 0 Å². The van der Waals surface area contributed by atoms with Crippen molar-refractivity contribution in [3.63, 3.8) is 0 Å². The molecule has 59 heavy (non-hydrogen) atoms. The van der Waals surface area contributed by atoms with E-state index in [-0.39, 0.29) is 0 Å². The van der Waals surface area contributed by atoms with E-state index < -0.39 is 8.07 Å². The van der Waals surface area contributed by atoms with Crippen LogP contribution in [-0.4, -0.2) is 12.6 Å². The van der Waals surface area contributed by atoms with Crippen molar-refractivity contribution < 1.29 is 4.42 Å². The minimum Gasteiger partial charge on any atom is -0.456 e. The van der Waals surface area contributed by atoms with E-state index in [1.807, 2.05) is 6.07 Å². The van der Waals surface area contributed by atoms with E-state index in [2.05, 4.69) is 211 Å². The summed E-state index contributed by atoms with van der Waals surface area (Å²) in [5.41, 5.74) is 10.6. The molecule has 0 aliphatic carbocycles. The molecule has 0 bridgehead atoms. The van der Waals surface area contributed by atoms with Crippen LogP contribution < -0.4 is 20.7 Å². The van der Waals surface area contributed by atoms with Gasteiger partial charge >= 0.3 is 0 Å². The van der Waals surface area contributed by atoms with Crippen molar-refractivity contribution in [1.29, 1.82) is 0 Å². The molecular formula is C56H35NOSi. The molecule has 1 aliphatic rings. The van der Waals surface area contributed by atoms with Crippen molar-refractivity contribution in [2.45, 2.75) is 0 Å². The molecule has 0 amide bonds. The summed E-state index contributed by atoms with van der Waals surface area (Å²) in [6.45, 7) is 0. The zero-order valence-electron chi connectivity index (χ0n) is 32.1. The monoisotopic (exact) mass is 765 g/mol. The maximum absolute atomic E-state index is 6.24. The van der Waals surface area contributed by atoms with Crippen LogP contribution in [0, 0.1) is 0 Å². The van der Waals surface area contributed by atoms with Gasteiger partial charge in [-0.15, -0.1) is 0 Å². The normalized spacial score (nSPS) is 13.2. The first kappa shape index (κ1) is 32.6. The molecule has 13 rings (SSSR count). The lowest BCUT2D eigenvalue weighted by molar-refractivity contribution is 0.669. The van der Waals surface area contributed by atoms with Gasteiger partial charge in [0.1, 0.15) is 11.2 Å². The topological polar surface area (TPSA) is 18.1 Å². The molecule has 0 fully saturated rings. The Morgan fingerprint density at radius 1 is 0.356 bits per heavy atom. The minimum absolute atomic E-state index is 0.927. The van der Waals surface area contributed by atoms with Gasteiger partial charge in [-0.2, -0.15) is 0 Å². The molecule has 1 aliphatic heterocycles. The van der Waals surface area contributed by atoms with Crippen molar-refractivity contribution in [1.82, 2.24) is 4.57 Å². The SMILES string of the molecule is c1ccc([Si]2(c3ccccc3)c3ccccc3-c3ccc(-c4ccc5c(c4)c4ccccc4n5-c4ccc5cc6c(ccc7oc8ccccc8c76)cc5c4)cc32)cc1. The summed E-state index contributed by atoms with van der Waals surface area (Å²) in [5, 5.41) is 15.5. The molecule has 0 atom stereocenters. The van der Waals surface area contributed by atoms with Crippen molar-refractivity contribution in [3.05, 3.63) is 212 Å². The van der Waals surface area contributed by atoms with Crippen LogP contribution in [0.3, 0.4) is 0 Å². The summed E-state index contributed by atoms with van der Waals surface area (Å²) in [6, 6.07) is 79.0. The molecular weight excluding hydrogens is 731 g/mol. The van der Waals surface area contributed by atoms with Crippen LogP contribution in [0.1, 0.15) is 0 Å². The Morgan fingerprint density at radius 3 is 1.86 bits per heavy atom. The van der Waals surface area contributed by atoms with E-state index in [4.69, 9.17) is 4.42 Å². The number of nitrogens with zero attached hydrogens (tertiary/aromatic N) is 1. The Labute approximate surface area is 341 Å². The number of aromatic nitrogens is 1. The molecule has 0 saturated heterocycles. The van der Waals surface area contributed by atoms with E-state index in [0.29, 0.717) is 0 Å². The first-order valence-electron chi connectivity index (χ1n) is 20.4. The number of benzene rings is 10. The molecule has 0 unspecified atom stereocenters. The van der Waals surface area contributed by atoms with Crippen LogP contribution in [0.4, 0.5) is 0 Å². The zero-order chi connectivity index (χ0) is 38.7. The van der Waals surface area contributed by atoms with E-state index >= 15 is 0 Å². The van der Waals surface area contributed by atoms with Crippen molar-refractivity contribution >= 4 is 94.1 Å². The molecule has 3 heteroatoms. The molecule has 0 saturated carbocycles. The Bertz CT molecular complexity index is 3630. The Kier molecular flexibility index (Phi) is 6.78. The molecule has 0 radical (unpaired) electrons. The minimum atomic E-state index is -2.60. The van der Waals surface area contributed by atoms with Crippen LogP contribution in [0.25, 0.3) is 93.2 Å². The summed E-state index contributed by atoms with van der Waals surface area (Å²) < 4.78 is 8.67. The molecule has 0 N–H and O–H groups in total. The van der Waals surface area contributed by atoms with Crippen molar-refractivity contribution in [2.24, 2.45) is 0 Å². The van der Waals surface area contributed by atoms with Gasteiger partial charge in [-0.3, -0.25) is 0 Å². The first-order valence-corrected chi connectivity index (χ1v) is 22.4. The lowest BCUT2D eigenvalue weighted by atomic mass is 9.99. The highest BCUT2D eigenvalue weighted by molar-refractivity contribution is 7.22. The van der Waals surface area contributed by atoms with Crippen LogP contribution in [0.15, 0.2) is 217 Å². The Hall–Kier alpha value is -7.46. The van der Waals surface area contributed by atoms with E-state index in [1.165, 1.54) is 91.7 Å². The predicted octanol–water partition coefficient (Wildman–Crippen LogP) is 12.0. The van der Waals surface area contributed by atoms with Gasteiger partial charge in [0.25, 0.3) is 0 Å². The average molecular weight is 766 g/mol.